The molecule has 10 nitrogen and oxygen atoms in total. The number of aromatic amines is 2. The zero-order valence-corrected chi connectivity index (χ0v) is 21.6. The molecule has 0 radical (unpaired) electrons. The third kappa shape index (κ3) is 2.26. The Kier molecular flexibility index (Phi) is 4.18. The lowest BCUT2D eigenvalue weighted by Gasteiger charge is -2.53. The molecule has 38 heavy (non-hydrogen) atoms. The molecule has 2 aliphatic heterocycles. The number of para-hydroxylation sites is 2. The maximum Gasteiger partial charge on any atom is 0.261 e. The van der Waals surface area contributed by atoms with Crippen molar-refractivity contribution in [3.63, 3.8) is 0 Å². The van der Waals surface area contributed by atoms with Crippen molar-refractivity contribution in [1.29, 1.82) is 10.8 Å². The number of likely N-dealkylation sites (N-methyl/N-ethyl adjacent to an activating group) is 4. The van der Waals surface area contributed by atoms with Gasteiger partial charge in [-0.15, -0.1) is 0 Å². The van der Waals surface area contributed by atoms with Crippen molar-refractivity contribution >= 4 is 45.5 Å². The largest absolute Gasteiger partial charge is 0.361 e. The number of rotatable bonds is 1. The van der Waals surface area contributed by atoms with Gasteiger partial charge in [0.25, 0.3) is 11.8 Å². The lowest BCUT2D eigenvalue weighted by molar-refractivity contribution is -0.142. The number of amides is 2. The van der Waals surface area contributed by atoms with E-state index in [0.29, 0.717) is 12.1 Å². The van der Waals surface area contributed by atoms with Gasteiger partial charge in [0.15, 0.2) is 5.54 Å². The van der Waals surface area contributed by atoms with Crippen LogP contribution in [0.4, 0.5) is 0 Å². The molecule has 4 heterocycles. The molecular formula is C28H28N8O2. The number of carbonyl (C=O) groups excluding carboxylic acids is 2. The highest BCUT2D eigenvalue weighted by Gasteiger charge is 2.73. The topological polar surface area (TPSA) is 126 Å². The number of fused-ring (bicyclic) bond motifs is 5. The van der Waals surface area contributed by atoms with Crippen molar-refractivity contribution in [3.05, 3.63) is 71.5 Å². The summed E-state index contributed by atoms with van der Waals surface area (Å²) in [5, 5.41) is 19.6. The van der Waals surface area contributed by atoms with Crippen LogP contribution in [0.5, 0.6) is 0 Å². The Morgan fingerprint density at radius 2 is 1.42 bits per heavy atom. The van der Waals surface area contributed by atoms with Crippen molar-refractivity contribution < 1.29 is 9.59 Å². The standard InChI is InChI=1S/C28H28N8O2/c1-33-23(37)27(35(3)25(33)29)13-17-15-9-6-8-12-20(15)32-22(17)28(24(38)34(2)26(30)36(28)4)21(27)18-14-31-19-11-7-5-10-16(18)19/h5-12,14,21,29-32H,13H2,1-4H3/t21?,27-,28+/m0/s1. The Balaban J connectivity index is 1.69. The number of carbonyl (C=O) groups is 2. The van der Waals surface area contributed by atoms with E-state index in [0.717, 1.165) is 32.9 Å². The molecule has 2 saturated heterocycles. The van der Waals surface area contributed by atoms with E-state index >= 15 is 0 Å². The number of guanidine groups is 2. The summed E-state index contributed by atoms with van der Waals surface area (Å²) in [6.07, 6.45) is 2.19. The van der Waals surface area contributed by atoms with Crippen LogP contribution in [0.25, 0.3) is 21.8 Å². The fourth-order valence-electron chi connectivity index (χ4n) is 7.32. The van der Waals surface area contributed by atoms with Gasteiger partial charge in [-0.2, -0.15) is 0 Å². The molecule has 3 atom stereocenters. The minimum atomic E-state index is -1.43. The lowest BCUT2D eigenvalue weighted by atomic mass is 9.58. The number of nitrogens with zero attached hydrogens (tertiary/aromatic N) is 4. The molecule has 1 aliphatic carbocycles. The van der Waals surface area contributed by atoms with Crippen molar-refractivity contribution in [1.82, 2.24) is 29.6 Å². The van der Waals surface area contributed by atoms with E-state index in [1.807, 2.05) is 54.7 Å². The van der Waals surface area contributed by atoms with Crippen molar-refractivity contribution in [3.8, 4) is 0 Å². The molecule has 4 aromatic rings. The molecular weight excluding hydrogens is 480 g/mol. The summed E-state index contributed by atoms with van der Waals surface area (Å²) in [5.41, 5.74) is 1.40. The monoisotopic (exact) mass is 508 g/mol. The first kappa shape index (κ1) is 22.6. The predicted octanol–water partition coefficient (Wildman–Crippen LogP) is 2.60. The molecule has 3 aliphatic rings. The first-order valence-corrected chi connectivity index (χ1v) is 12.5. The molecule has 192 valence electrons. The first-order chi connectivity index (χ1) is 18.2. The molecule has 10 heteroatoms. The summed E-state index contributed by atoms with van der Waals surface area (Å²) in [6, 6.07) is 15.7. The molecule has 2 aromatic carbocycles. The Bertz CT molecular complexity index is 1730. The Morgan fingerprint density at radius 1 is 0.816 bits per heavy atom. The predicted molar refractivity (Wildman–Crippen MR) is 144 cm³/mol. The number of nitrogens with one attached hydrogen (secondary N) is 4. The number of aromatic nitrogens is 2. The van der Waals surface area contributed by atoms with Crippen LogP contribution >= 0.6 is 0 Å². The van der Waals surface area contributed by atoms with E-state index in [9.17, 15) is 9.59 Å². The third-order valence-electron chi connectivity index (χ3n) is 9.17. The molecule has 2 aromatic heterocycles. The highest BCUT2D eigenvalue weighted by atomic mass is 16.2. The van der Waals surface area contributed by atoms with Crippen molar-refractivity contribution in [2.45, 2.75) is 23.4 Å². The first-order valence-electron chi connectivity index (χ1n) is 12.5. The van der Waals surface area contributed by atoms with Crippen LogP contribution in [0, 0.1) is 10.8 Å². The Morgan fingerprint density at radius 3 is 2.05 bits per heavy atom. The average molecular weight is 509 g/mol. The summed E-state index contributed by atoms with van der Waals surface area (Å²) < 4.78 is 0. The summed E-state index contributed by atoms with van der Waals surface area (Å²) in [6.45, 7) is 0. The quantitative estimate of drug-likeness (QED) is 0.315. The SMILES string of the molecule is CN1C(=N)N(C)[C@@]2(C1=O)c1[nH]c3ccccc3c1C[C@@]1(C(=O)N(C)C(=N)N1C)C2c1c[nH]c2ccccc12. The van der Waals surface area contributed by atoms with Crippen LogP contribution in [0.15, 0.2) is 54.7 Å². The zero-order valence-electron chi connectivity index (χ0n) is 21.6. The number of hydrogen-bond acceptors (Lipinski definition) is 4. The van der Waals surface area contributed by atoms with Gasteiger partial charge in [-0.3, -0.25) is 30.2 Å². The minimum absolute atomic E-state index is 0.0537. The van der Waals surface area contributed by atoms with Crippen LogP contribution in [0.3, 0.4) is 0 Å². The van der Waals surface area contributed by atoms with Crippen LogP contribution in [0.2, 0.25) is 0 Å². The van der Waals surface area contributed by atoms with E-state index in [4.69, 9.17) is 10.8 Å². The van der Waals surface area contributed by atoms with Gasteiger partial charge in [0.05, 0.1) is 11.6 Å². The Labute approximate surface area is 218 Å². The molecule has 4 N–H and O–H groups in total. The van der Waals surface area contributed by atoms with Crippen LogP contribution in [0.1, 0.15) is 22.7 Å². The van der Waals surface area contributed by atoms with Crippen LogP contribution in [-0.4, -0.2) is 87.0 Å². The van der Waals surface area contributed by atoms with Gasteiger partial charge in [0.1, 0.15) is 5.54 Å². The van der Waals surface area contributed by atoms with E-state index < -0.39 is 17.0 Å². The minimum Gasteiger partial charge on any atom is -0.361 e. The van der Waals surface area contributed by atoms with Gasteiger partial charge in [-0.25, -0.2) is 0 Å². The van der Waals surface area contributed by atoms with Gasteiger partial charge < -0.3 is 19.8 Å². The number of benzene rings is 2. The normalized spacial score (nSPS) is 27.3. The molecule has 1 unspecified atom stereocenters. The van der Waals surface area contributed by atoms with E-state index in [2.05, 4.69) is 9.97 Å². The van der Waals surface area contributed by atoms with Gasteiger partial charge in [0.2, 0.25) is 11.9 Å². The lowest BCUT2D eigenvalue weighted by Crippen LogP contribution is -2.67. The zero-order chi connectivity index (χ0) is 26.7. The molecule has 2 amide bonds. The smallest absolute Gasteiger partial charge is 0.261 e. The second kappa shape index (κ2) is 7.03. The third-order valence-corrected chi connectivity index (χ3v) is 9.17. The molecule has 2 fully saturated rings. The van der Waals surface area contributed by atoms with Crippen molar-refractivity contribution in [2.24, 2.45) is 0 Å². The Hall–Kier alpha value is -4.60. The highest BCUT2D eigenvalue weighted by Crippen LogP contribution is 2.60. The summed E-state index contributed by atoms with van der Waals surface area (Å²) in [5.74, 6) is -1.14. The molecule has 2 spiro atoms. The summed E-state index contributed by atoms with van der Waals surface area (Å²) >= 11 is 0. The van der Waals surface area contributed by atoms with Gasteiger partial charge >= 0.3 is 0 Å². The van der Waals surface area contributed by atoms with Gasteiger partial charge in [-0.1, -0.05) is 36.4 Å². The molecule has 0 bridgehead atoms. The summed E-state index contributed by atoms with van der Waals surface area (Å²) in [4.78, 5) is 42.2. The number of H-pyrrole nitrogens is 2. The second-order valence-electron chi connectivity index (χ2n) is 10.6. The fourth-order valence-corrected chi connectivity index (χ4v) is 7.32. The van der Waals surface area contributed by atoms with Gasteiger partial charge in [-0.05, 0) is 23.3 Å². The second-order valence-corrected chi connectivity index (χ2v) is 10.6. The fraction of sp³-hybridized carbons (Fsp3) is 0.286. The van der Waals surface area contributed by atoms with E-state index in [1.54, 1.807) is 38.0 Å². The highest BCUT2D eigenvalue weighted by molar-refractivity contribution is 6.14. The van der Waals surface area contributed by atoms with Crippen LogP contribution in [-0.2, 0) is 21.5 Å². The van der Waals surface area contributed by atoms with E-state index in [1.165, 1.54) is 9.80 Å². The van der Waals surface area contributed by atoms with E-state index in [-0.39, 0.29) is 23.7 Å². The maximum atomic E-state index is 14.6. The maximum absolute atomic E-state index is 14.6. The van der Waals surface area contributed by atoms with Gasteiger partial charge in [0, 0.05) is 62.6 Å². The number of hydrogen-bond donors (Lipinski definition) is 4. The molecule has 0 saturated carbocycles. The summed E-state index contributed by atoms with van der Waals surface area (Å²) in [7, 11) is 6.76. The van der Waals surface area contributed by atoms with Crippen LogP contribution < -0.4 is 0 Å². The average Bonchev–Trinajstić information content (AvgIpc) is 3.61. The molecule has 7 rings (SSSR count). The van der Waals surface area contributed by atoms with Crippen molar-refractivity contribution in [2.75, 3.05) is 28.2 Å².